The van der Waals surface area contributed by atoms with Crippen LogP contribution < -0.4 is 4.90 Å². The average Bonchev–Trinajstić information content (AvgIpc) is 2.26. The van der Waals surface area contributed by atoms with E-state index in [1.807, 2.05) is 12.1 Å². The van der Waals surface area contributed by atoms with E-state index in [4.69, 9.17) is 0 Å². The Morgan fingerprint density at radius 1 is 1.47 bits per heavy atom. The maximum absolute atomic E-state index is 9.49. The number of aromatic nitrogens is 1. The zero-order chi connectivity index (χ0) is 11.3. The van der Waals surface area contributed by atoms with Crippen molar-refractivity contribution in [2.45, 2.75) is 33.3 Å². The molecule has 0 aliphatic carbocycles. The first-order valence-electron chi connectivity index (χ1n) is 5.58. The van der Waals surface area contributed by atoms with Crippen LogP contribution in [0.15, 0.2) is 18.3 Å². The van der Waals surface area contributed by atoms with Crippen LogP contribution in [0, 0.1) is 0 Å². The number of hydrogen-bond acceptors (Lipinski definition) is 3. The van der Waals surface area contributed by atoms with Gasteiger partial charge in [0.05, 0.1) is 6.10 Å². The number of anilines is 1. The van der Waals surface area contributed by atoms with Gasteiger partial charge in [0, 0.05) is 19.3 Å². The highest BCUT2D eigenvalue weighted by atomic mass is 16.3. The smallest absolute Gasteiger partial charge is 0.128 e. The molecule has 1 heterocycles. The zero-order valence-electron chi connectivity index (χ0n) is 9.77. The lowest BCUT2D eigenvalue weighted by Crippen LogP contribution is -2.24. The van der Waals surface area contributed by atoms with Gasteiger partial charge in [0.1, 0.15) is 5.82 Å². The molecule has 0 radical (unpaired) electrons. The maximum Gasteiger partial charge on any atom is 0.128 e. The third-order valence-corrected chi connectivity index (χ3v) is 2.45. The molecule has 1 rings (SSSR count). The normalized spacial score (nSPS) is 12.5. The lowest BCUT2D eigenvalue weighted by atomic mass is 10.1. The van der Waals surface area contributed by atoms with Gasteiger partial charge in [-0.3, -0.25) is 0 Å². The minimum Gasteiger partial charge on any atom is -0.389 e. The van der Waals surface area contributed by atoms with Crippen LogP contribution in [-0.2, 0) is 0 Å². The fraction of sp³-hybridized carbons (Fsp3) is 0.583. The highest BCUT2D eigenvalue weighted by Gasteiger charge is 2.07. The Bertz CT molecular complexity index is 299. The molecule has 3 nitrogen and oxygen atoms in total. The summed E-state index contributed by atoms with van der Waals surface area (Å²) in [7, 11) is 0. The van der Waals surface area contributed by atoms with Gasteiger partial charge in [0.25, 0.3) is 0 Å². The highest BCUT2D eigenvalue weighted by Crippen LogP contribution is 2.17. The van der Waals surface area contributed by atoms with Crippen molar-refractivity contribution >= 4 is 5.82 Å². The summed E-state index contributed by atoms with van der Waals surface area (Å²) < 4.78 is 0. The van der Waals surface area contributed by atoms with Gasteiger partial charge in [-0.05, 0) is 38.0 Å². The van der Waals surface area contributed by atoms with E-state index in [0.717, 1.165) is 30.9 Å². The zero-order valence-corrected chi connectivity index (χ0v) is 9.77. The third kappa shape index (κ3) is 3.20. The number of rotatable bonds is 5. The minimum atomic E-state index is -0.424. The molecule has 15 heavy (non-hydrogen) atoms. The fourth-order valence-corrected chi connectivity index (χ4v) is 1.57. The van der Waals surface area contributed by atoms with Gasteiger partial charge < -0.3 is 10.0 Å². The van der Waals surface area contributed by atoms with Crippen LogP contribution in [0.4, 0.5) is 5.82 Å². The molecule has 1 aromatic heterocycles. The molecular weight excluding hydrogens is 188 g/mol. The second-order valence-electron chi connectivity index (χ2n) is 3.70. The summed E-state index contributed by atoms with van der Waals surface area (Å²) in [6.07, 6.45) is 2.44. The van der Waals surface area contributed by atoms with Gasteiger partial charge in [-0.1, -0.05) is 6.92 Å². The summed E-state index contributed by atoms with van der Waals surface area (Å²) in [5.74, 6) is 0.956. The number of nitrogens with zero attached hydrogens (tertiary/aromatic N) is 2. The average molecular weight is 208 g/mol. The molecule has 0 bridgehead atoms. The second-order valence-corrected chi connectivity index (χ2v) is 3.70. The molecular formula is C12H20N2O. The Morgan fingerprint density at radius 3 is 2.73 bits per heavy atom. The molecule has 1 N–H and O–H groups in total. The summed E-state index contributed by atoms with van der Waals surface area (Å²) in [5.41, 5.74) is 0.926. The van der Waals surface area contributed by atoms with E-state index in [0.29, 0.717) is 0 Å². The molecule has 0 amide bonds. The number of aliphatic hydroxyl groups excluding tert-OH is 1. The van der Waals surface area contributed by atoms with Gasteiger partial charge in [-0.2, -0.15) is 0 Å². The fourth-order valence-electron chi connectivity index (χ4n) is 1.57. The van der Waals surface area contributed by atoms with Crippen molar-refractivity contribution in [1.82, 2.24) is 4.98 Å². The van der Waals surface area contributed by atoms with Crippen LogP contribution in [0.1, 0.15) is 38.9 Å². The first-order valence-corrected chi connectivity index (χ1v) is 5.58. The SMILES string of the molecule is CCCN(CC)c1cc([C@@H](C)O)ccn1. The van der Waals surface area contributed by atoms with Crippen molar-refractivity contribution in [2.75, 3.05) is 18.0 Å². The molecule has 0 aliphatic rings. The van der Waals surface area contributed by atoms with Crippen molar-refractivity contribution < 1.29 is 5.11 Å². The molecule has 0 fully saturated rings. The third-order valence-electron chi connectivity index (χ3n) is 2.45. The van der Waals surface area contributed by atoms with Crippen molar-refractivity contribution in [3.05, 3.63) is 23.9 Å². The highest BCUT2D eigenvalue weighted by molar-refractivity contribution is 5.41. The minimum absolute atomic E-state index is 0.424. The quantitative estimate of drug-likeness (QED) is 0.807. The maximum atomic E-state index is 9.49. The van der Waals surface area contributed by atoms with Crippen LogP contribution in [0.3, 0.4) is 0 Å². The summed E-state index contributed by atoms with van der Waals surface area (Å²) in [6.45, 7) is 8.00. The van der Waals surface area contributed by atoms with Gasteiger partial charge in [0.2, 0.25) is 0 Å². The molecule has 0 unspecified atom stereocenters. The standard InChI is InChI=1S/C12H20N2O/c1-4-8-14(5-2)12-9-11(10(3)15)6-7-13-12/h6-7,9-10,15H,4-5,8H2,1-3H3/t10-/m1/s1. The predicted molar refractivity (Wildman–Crippen MR) is 63.0 cm³/mol. The molecule has 3 heteroatoms. The summed E-state index contributed by atoms with van der Waals surface area (Å²) >= 11 is 0. The summed E-state index contributed by atoms with van der Waals surface area (Å²) in [4.78, 5) is 6.54. The van der Waals surface area contributed by atoms with E-state index in [1.165, 1.54) is 0 Å². The van der Waals surface area contributed by atoms with E-state index in [9.17, 15) is 5.11 Å². The van der Waals surface area contributed by atoms with E-state index >= 15 is 0 Å². The number of pyridine rings is 1. The molecule has 0 aliphatic heterocycles. The molecule has 1 atom stereocenters. The summed E-state index contributed by atoms with van der Waals surface area (Å²) in [5, 5.41) is 9.49. The van der Waals surface area contributed by atoms with Crippen LogP contribution >= 0.6 is 0 Å². The largest absolute Gasteiger partial charge is 0.389 e. The van der Waals surface area contributed by atoms with Crippen LogP contribution in [0.2, 0.25) is 0 Å². The Kier molecular flexibility index (Phi) is 4.56. The first-order chi connectivity index (χ1) is 7.19. The lowest BCUT2D eigenvalue weighted by molar-refractivity contribution is 0.199. The Balaban J connectivity index is 2.87. The van der Waals surface area contributed by atoms with Crippen molar-refractivity contribution in [1.29, 1.82) is 0 Å². The predicted octanol–water partition coefficient (Wildman–Crippen LogP) is 2.37. The van der Waals surface area contributed by atoms with Crippen molar-refractivity contribution in [2.24, 2.45) is 0 Å². The first kappa shape index (κ1) is 12.0. The van der Waals surface area contributed by atoms with E-state index in [1.54, 1.807) is 13.1 Å². The van der Waals surface area contributed by atoms with Crippen molar-refractivity contribution in [3.63, 3.8) is 0 Å². The molecule has 0 aromatic carbocycles. The lowest BCUT2D eigenvalue weighted by Gasteiger charge is -2.21. The topological polar surface area (TPSA) is 36.4 Å². The van der Waals surface area contributed by atoms with Crippen LogP contribution in [-0.4, -0.2) is 23.2 Å². The Labute approximate surface area is 91.8 Å². The molecule has 0 saturated carbocycles. The second kappa shape index (κ2) is 5.71. The van der Waals surface area contributed by atoms with Crippen molar-refractivity contribution in [3.8, 4) is 0 Å². The number of hydrogen-bond donors (Lipinski definition) is 1. The molecule has 0 saturated heterocycles. The molecule has 1 aromatic rings. The molecule has 84 valence electrons. The number of aliphatic hydroxyl groups is 1. The van der Waals surface area contributed by atoms with Gasteiger partial charge in [-0.15, -0.1) is 0 Å². The van der Waals surface area contributed by atoms with Crippen LogP contribution in [0.25, 0.3) is 0 Å². The van der Waals surface area contributed by atoms with Gasteiger partial charge >= 0.3 is 0 Å². The van der Waals surface area contributed by atoms with Crippen LogP contribution in [0.5, 0.6) is 0 Å². The Morgan fingerprint density at radius 2 is 2.20 bits per heavy atom. The summed E-state index contributed by atoms with van der Waals surface area (Å²) in [6, 6.07) is 3.82. The van der Waals surface area contributed by atoms with E-state index in [2.05, 4.69) is 23.7 Å². The van der Waals surface area contributed by atoms with E-state index in [-0.39, 0.29) is 0 Å². The van der Waals surface area contributed by atoms with Gasteiger partial charge in [-0.25, -0.2) is 4.98 Å². The molecule has 0 spiro atoms. The van der Waals surface area contributed by atoms with Gasteiger partial charge in [0.15, 0.2) is 0 Å². The monoisotopic (exact) mass is 208 g/mol. The Hall–Kier alpha value is -1.09. The van der Waals surface area contributed by atoms with E-state index < -0.39 is 6.10 Å².